The Hall–Kier alpha value is -3.84. The Balaban J connectivity index is 1.46. The van der Waals surface area contributed by atoms with E-state index < -0.39 is 17.2 Å². The zero-order valence-electron chi connectivity index (χ0n) is 17.8. The number of aromatic nitrogens is 7. The standard InChI is InChI=1S/C20H21N9O4/c1-21-14-13-15(25-18(24-14)29-8-11(26-27-29)12-4-3-5-33-12)28(9-23-13)20(32)7-10-6-19(10,16(20)30)17(31)22-2/h3-5,8-10,16,30,32H,6-7H2,1-2H3,(H,22,31)(H,21,24,25)/t10?,16-,19?,20+/m1/s1. The molecule has 2 aliphatic carbocycles. The van der Waals surface area contributed by atoms with Gasteiger partial charge in [-0.3, -0.25) is 9.36 Å². The molecule has 4 heterocycles. The lowest BCUT2D eigenvalue weighted by atomic mass is 9.94. The Labute approximate surface area is 186 Å². The second-order valence-electron chi connectivity index (χ2n) is 8.44. The molecule has 0 radical (unpaired) electrons. The highest BCUT2D eigenvalue weighted by Gasteiger charge is 2.76. The van der Waals surface area contributed by atoms with Gasteiger partial charge >= 0.3 is 0 Å². The summed E-state index contributed by atoms with van der Waals surface area (Å²) in [7, 11) is 3.21. The minimum Gasteiger partial charge on any atom is -0.463 e. The molecule has 4 N–H and O–H groups in total. The molecular formula is C20H21N9O4. The number of nitrogens with zero attached hydrogens (tertiary/aromatic N) is 7. The van der Waals surface area contributed by atoms with Crippen molar-refractivity contribution >= 4 is 22.9 Å². The van der Waals surface area contributed by atoms with Crippen LogP contribution in [0.15, 0.2) is 35.3 Å². The van der Waals surface area contributed by atoms with E-state index in [1.165, 1.54) is 28.9 Å². The van der Waals surface area contributed by atoms with Gasteiger partial charge in [-0.15, -0.1) is 5.10 Å². The van der Waals surface area contributed by atoms with E-state index in [2.05, 4.69) is 35.9 Å². The molecule has 2 unspecified atom stereocenters. The zero-order valence-corrected chi connectivity index (χ0v) is 17.8. The first-order valence-electron chi connectivity index (χ1n) is 10.4. The van der Waals surface area contributed by atoms with Crippen LogP contribution >= 0.6 is 0 Å². The molecule has 0 saturated heterocycles. The van der Waals surface area contributed by atoms with Crippen molar-refractivity contribution in [1.29, 1.82) is 0 Å². The summed E-state index contributed by atoms with van der Waals surface area (Å²) >= 11 is 0. The molecular weight excluding hydrogens is 430 g/mol. The number of nitrogens with one attached hydrogen (secondary N) is 2. The van der Waals surface area contributed by atoms with E-state index in [0.717, 1.165) is 0 Å². The number of rotatable bonds is 5. The van der Waals surface area contributed by atoms with Gasteiger partial charge in [0.05, 0.1) is 24.2 Å². The molecule has 13 nitrogen and oxygen atoms in total. The highest BCUT2D eigenvalue weighted by Crippen LogP contribution is 2.68. The van der Waals surface area contributed by atoms with E-state index in [9.17, 15) is 15.0 Å². The summed E-state index contributed by atoms with van der Waals surface area (Å²) < 4.78 is 8.16. The second-order valence-corrected chi connectivity index (χ2v) is 8.44. The van der Waals surface area contributed by atoms with E-state index in [1.807, 2.05) is 0 Å². The maximum Gasteiger partial charge on any atom is 0.256 e. The predicted octanol–water partition coefficient (Wildman–Crippen LogP) is -0.129. The lowest BCUT2D eigenvalue weighted by Crippen LogP contribution is -2.49. The molecule has 4 aromatic heterocycles. The quantitative estimate of drug-likeness (QED) is 0.321. The van der Waals surface area contributed by atoms with Crippen molar-refractivity contribution in [3.63, 3.8) is 0 Å². The fourth-order valence-electron chi connectivity index (χ4n) is 5.04. The van der Waals surface area contributed by atoms with Crippen molar-refractivity contribution in [3.8, 4) is 17.4 Å². The number of aliphatic hydroxyl groups is 2. The average molecular weight is 451 g/mol. The van der Waals surface area contributed by atoms with Crippen molar-refractivity contribution in [3.05, 3.63) is 30.9 Å². The van der Waals surface area contributed by atoms with E-state index in [0.29, 0.717) is 29.2 Å². The number of furan rings is 1. The molecule has 4 atom stereocenters. The molecule has 1 amide bonds. The molecule has 0 spiro atoms. The maximum atomic E-state index is 12.5. The molecule has 2 saturated carbocycles. The second kappa shape index (κ2) is 6.59. The summed E-state index contributed by atoms with van der Waals surface area (Å²) in [4.78, 5) is 25.9. The number of carbonyl (C=O) groups excluding carboxylic acids is 1. The molecule has 0 aromatic carbocycles. The van der Waals surface area contributed by atoms with Crippen molar-refractivity contribution in [1.82, 2.24) is 39.8 Å². The first kappa shape index (κ1) is 19.8. The number of hydrogen-bond acceptors (Lipinski definition) is 10. The monoisotopic (exact) mass is 451 g/mol. The van der Waals surface area contributed by atoms with Gasteiger partial charge in [0.25, 0.3) is 5.95 Å². The Morgan fingerprint density at radius 3 is 2.88 bits per heavy atom. The Morgan fingerprint density at radius 2 is 2.15 bits per heavy atom. The fraction of sp³-hybridized carbons (Fsp3) is 0.400. The third kappa shape index (κ3) is 2.54. The van der Waals surface area contributed by atoms with Crippen LogP contribution in [0.1, 0.15) is 12.8 Å². The molecule has 0 aliphatic heterocycles. The molecule has 0 bridgehead atoms. The van der Waals surface area contributed by atoms with Gasteiger partial charge in [0.15, 0.2) is 28.5 Å². The van der Waals surface area contributed by atoms with Crippen LogP contribution in [-0.2, 0) is 10.5 Å². The van der Waals surface area contributed by atoms with Gasteiger partial charge in [0.2, 0.25) is 5.91 Å². The highest BCUT2D eigenvalue weighted by molar-refractivity contribution is 5.88. The number of carbonyl (C=O) groups is 1. The van der Waals surface area contributed by atoms with Crippen molar-refractivity contribution in [2.45, 2.75) is 24.7 Å². The van der Waals surface area contributed by atoms with Gasteiger partial charge in [-0.05, 0) is 24.5 Å². The van der Waals surface area contributed by atoms with Crippen LogP contribution < -0.4 is 10.6 Å². The smallest absolute Gasteiger partial charge is 0.256 e. The number of imidazole rings is 1. The number of aliphatic hydroxyl groups excluding tert-OH is 1. The third-order valence-electron chi connectivity index (χ3n) is 6.79. The summed E-state index contributed by atoms with van der Waals surface area (Å²) in [6.07, 6.45) is 3.98. The molecule has 33 heavy (non-hydrogen) atoms. The van der Waals surface area contributed by atoms with Crippen LogP contribution in [0.3, 0.4) is 0 Å². The SMILES string of the molecule is CNC(=O)C12CC1C[C@@](O)(n1cnc3c(NC)nc(-n4cc(-c5ccco5)nn4)nc31)[C@@H]2O. The van der Waals surface area contributed by atoms with Crippen LogP contribution in [0, 0.1) is 11.3 Å². The van der Waals surface area contributed by atoms with Gasteiger partial charge in [-0.1, -0.05) is 5.21 Å². The highest BCUT2D eigenvalue weighted by atomic mass is 16.4. The molecule has 4 aromatic rings. The van der Waals surface area contributed by atoms with Gasteiger partial charge < -0.3 is 25.3 Å². The van der Waals surface area contributed by atoms with Gasteiger partial charge in [0, 0.05) is 20.5 Å². The van der Waals surface area contributed by atoms with E-state index >= 15 is 0 Å². The van der Waals surface area contributed by atoms with Crippen LogP contribution in [0.5, 0.6) is 0 Å². The van der Waals surface area contributed by atoms with Gasteiger partial charge in [0.1, 0.15) is 11.8 Å². The van der Waals surface area contributed by atoms with Crippen molar-refractivity contribution in [2.75, 3.05) is 19.4 Å². The predicted molar refractivity (Wildman–Crippen MR) is 113 cm³/mol. The summed E-state index contributed by atoms with van der Waals surface area (Å²) in [6, 6.07) is 3.51. The van der Waals surface area contributed by atoms with E-state index in [4.69, 9.17) is 4.42 Å². The maximum absolute atomic E-state index is 12.5. The lowest BCUT2D eigenvalue weighted by molar-refractivity contribution is -0.155. The van der Waals surface area contributed by atoms with Crippen molar-refractivity contribution < 1.29 is 19.4 Å². The minimum atomic E-state index is -1.75. The molecule has 6 rings (SSSR count). The first-order chi connectivity index (χ1) is 15.9. The summed E-state index contributed by atoms with van der Waals surface area (Å²) in [5, 5.41) is 36.4. The number of fused-ring (bicyclic) bond motifs is 2. The fourth-order valence-corrected chi connectivity index (χ4v) is 5.04. The number of hydrogen-bond donors (Lipinski definition) is 4. The molecule has 13 heteroatoms. The summed E-state index contributed by atoms with van der Waals surface area (Å²) in [6.45, 7) is 0. The zero-order chi connectivity index (χ0) is 23.0. The van der Waals surface area contributed by atoms with Crippen LogP contribution in [0.2, 0.25) is 0 Å². The Morgan fingerprint density at radius 1 is 1.30 bits per heavy atom. The van der Waals surface area contributed by atoms with Crippen LogP contribution in [0.25, 0.3) is 28.6 Å². The van der Waals surface area contributed by atoms with Crippen LogP contribution in [0.4, 0.5) is 5.82 Å². The van der Waals surface area contributed by atoms with E-state index in [1.54, 1.807) is 25.4 Å². The number of anilines is 1. The Kier molecular flexibility index (Phi) is 3.95. The molecule has 2 aliphatic rings. The molecule has 2 fully saturated rings. The van der Waals surface area contributed by atoms with Crippen molar-refractivity contribution in [2.24, 2.45) is 11.3 Å². The van der Waals surface area contributed by atoms with Gasteiger partial charge in [-0.2, -0.15) is 14.6 Å². The minimum absolute atomic E-state index is 0.133. The third-order valence-corrected chi connectivity index (χ3v) is 6.79. The van der Waals surface area contributed by atoms with E-state index in [-0.39, 0.29) is 29.8 Å². The molecule has 170 valence electrons. The Bertz CT molecular complexity index is 1380. The summed E-state index contributed by atoms with van der Waals surface area (Å²) in [5.74, 6) is 0.723. The largest absolute Gasteiger partial charge is 0.463 e. The normalized spacial score (nSPS) is 28.1. The number of amides is 1. The van der Waals surface area contributed by atoms with Crippen LogP contribution in [-0.4, -0.2) is 70.8 Å². The lowest BCUT2D eigenvalue weighted by Gasteiger charge is -2.33. The summed E-state index contributed by atoms with van der Waals surface area (Å²) in [5.41, 5.74) is -1.56. The first-order valence-corrected chi connectivity index (χ1v) is 10.4. The average Bonchev–Trinajstić information content (AvgIpc) is 3.36. The van der Waals surface area contributed by atoms with Gasteiger partial charge in [-0.25, -0.2) is 4.98 Å². The topological polar surface area (TPSA) is 169 Å².